The van der Waals surface area contributed by atoms with Crippen LogP contribution in [0.5, 0.6) is 0 Å². The average Bonchev–Trinajstić information content (AvgIpc) is 2.97. The number of imide groups is 1. The molecule has 28 heavy (non-hydrogen) atoms. The smallest absolute Gasteiger partial charge is 0.277 e. The van der Waals surface area contributed by atoms with Gasteiger partial charge in [0.2, 0.25) is 0 Å². The van der Waals surface area contributed by atoms with E-state index in [0.29, 0.717) is 17.8 Å². The predicted molar refractivity (Wildman–Crippen MR) is 105 cm³/mol. The number of amides is 3. The summed E-state index contributed by atoms with van der Waals surface area (Å²) in [4.78, 5) is 37.7. The third-order valence-electron chi connectivity index (χ3n) is 4.89. The van der Waals surface area contributed by atoms with Crippen LogP contribution < -0.4 is 10.6 Å². The molecule has 0 radical (unpaired) electrons. The molecule has 0 bridgehead atoms. The van der Waals surface area contributed by atoms with Crippen molar-refractivity contribution in [2.45, 2.75) is 32.1 Å². The zero-order valence-electron chi connectivity index (χ0n) is 15.7. The first-order valence-corrected chi connectivity index (χ1v) is 9.60. The highest BCUT2D eigenvalue weighted by Crippen LogP contribution is 2.22. The molecule has 0 aromatic heterocycles. The minimum Gasteiger partial charge on any atom is -0.395 e. The number of carbonyl (C=O) groups excluding carboxylic acids is 3. The van der Waals surface area contributed by atoms with Gasteiger partial charge in [0, 0.05) is 12.6 Å². The van der Waals surface area contributed by atoms with E-state index in [1.807, 2.05) is 0 Å². The average molecular weight is 383 g/mol. The molecule has 0 unspecified atom stereocenters. The lowest BCUT2D eigenvalue weighted by molar-refractivity contribution is -0.137. The lowest BCUT2D eigenvalue weighted by atomic mass is 9.97. The Labute approximate surface area is 164 Å². The molecule has 0 saturated carbocycles. The summed E-state index contributed by atoms with van der Waals surface area (Å²) in [6.45, 7) is 0.203. The fraction of sp³-hybridized carbons (Fsp3) is 0.381. The van der Waals surface area contributed by atoms with E-state index in [1.165, 1.54) is 24.5 Å². The molecule has 1 aromatic carbocycles. The van der Waals surface area contributed by atoms with E-state index in [4.69, 9.17) is 5.11 Å². The molecule has 1 aliphatic heterocycles. The van der Waals surface area contributed by atoms with Gasteiger partial charge in [0.15, 0.2) is 0 Å². The van der Waals surface area contributed by atoms with Crippen molar-refractivity contribution >= 4 is 23.4 Å². The second-order valence-electron chi connectivity index (χ2n) is 6.86. The number of anilines is 1. The van der Waals surface area contributed by atoms with Crippen LogP contribution in [0, 0.1) is 0 Å². The van der Waals surface area contributed by atoms with E-state index in [2.05, 4.69) is 16.7 Å². The summed E-state index contributed by atoms with van der Waals surface area (Å²) in [6.07, 6.45) is 8.95. The maximum atomic E-state index is 12.6. The number of hydrogen-bond donors (Lipinski definition) is 3. The van der Waals surface area contributed by atoms with Crippen molar-refractivity contribution in [1.82, 2.24) is 10.2 Å². The number of hydrogen-bond acceptors (Lipinski definition) is 5. The number of aliphatic hydroxyl groups is 1. The van der Waals surface area contributed by atoms with E-state index in [1.54, 1.807) is 24.3 Å². The minimum absolute atomic E-state index is 0.0582. The maximum absolute atomic E-state index is 12.6. The molecule has 3 amide bonds. The van der Waals surface area contributed by atoms with Gasteiger partial charge in [0.1, 0.15) is 5.70 Å². The Hall–Kier alpha value is -2.93. The van der Waals surface area contributed by atoms with Crippen molar-refractivity contribution in [3.05, 3.63) is 53.3 Å². The van der Waals surface area contributed by atoms with Gasteiger partial charge < -0.3 is 15.7 Å². The number of rotatable bonds is 8. The van der Waals surface area contributed by atoms with Crippen molar-refractivity contribution in [3.8, 4) is 0 Å². The standard InChI is InChI=1S/C21H25N3O4/c25-13-12-24-19(26)14-18(21(24)28)23-17-9-5-4-8-16(17)20(27)22-11-10-15-6-2-1-3-7-15/h4-6,8-9,14,23,25H,1-3,7,10-13H2,(H,22,27). The van der Waals surface area contributed by atoms with Crippen LogP contribution in [0.15, 0.2) is 47.7 Å². The van der Waals surface area contributed by atoms with E-state index in [-0.39, 0.29) is 24.8 Å². The summed E-state index contributed by atoms with van der Waals surface area (Å²) in [5.74, 6) is -1.23. The van der Waals surface area contributed by atoms with E-state index in [0.717, 1.165) is 24.2 Å². The zero-order chi connectivity index (χ0) is 19.9. The highest BCUT2D eigenvalue weighted by molar-refractivity contribution is 6.17. The summed E-state index contributed by atoms with van der Waals surface area (Å²) in [7, 11) is 0. The van der Waals surface area contributed by atoms with Gasteiger partial charge in [-0.2, -0.15) is 0 Å². The number of benzene rings is 1. The van der Waals surface area contributed by atoms with Crippen molar-refractivity contribution < 1.29 is 19.5 Å². The lowest BCUT2D eigenvalue weighted by Gasteiger charge is -2.16. The Morgan fingerprint density at radius 3 is 2.75 bits per heavy atom. The highest BCUT2D eigenvalue weighted by atomic mass is 16.3. The molecule has 148 valence electrons. The number of allylic oxidation sites excluding steroid dienone is 1. The van der Waals surface area contributed by atoms with Crippen molar-refractivity contribution in [2.24, 2.45) is 0 Å². The summed E-state index contributed by atoms with van der Waals surface area (Å²) >= 11 is 0. The Balaban J connectivity index is 1.63. The van der Waals surface area contributed by atoms with E-state index < -0.39 is 11.8 Å². The second kappa shape index (κ2) is 9.32. The van der Waals surface area contributed by atoms with Gasteiger partial charge in [0.25, 0.3) is 17.7 Å². The Morgan fingerprint density at radius 2 is 2.00 bits per heavy atom. The molecule has 7 nitrogen and oxygen atoms in total. The number of para-hydroxylation sites is 1. The topological polar surface area (TPSA) is 98.7 Å². The Kier molecular flexibility index (Phi) is 6.60. The number of β-amino-alcohol motifs (C(OH)–C–C–N with tert-alkyl or cyclic N) is 1. The number of nitrogens with zero attached hydrogens (tertiary/aromatic N) is 1. The largest absolute Gasteiger partial charge is 0.395 e. The van der Waals surface area contributed by atoms with Crippen LogP contribution in [0.3, 0.4) is 0 Å². The molecule has 0 fully saturated rings. The molecule has 1 aliphatic carbocycles. The molecule has 7 heteroatoms. The van der Waals surface area contributed by atoms with Crippen LogP contribution in [-0.4, -0.2) is 47.4 Å². The van der Waals surface area contributed by atoms with E-state index >= 15 is 0 Å². The monoisotopic (exact) mass is 383 g/mol. The normalized spacial score (nSPS) is 16.7. The molecular weight excluding hydrogens is 358 g/mol. The first-order chi connectivity index (χ1) is 13.6. The van der Waals surface area contributed by atoms with Gasteiger partial charge in [-0.3, -0.25) is 19.3 Å². The number of aliphatic hydroxyl groups excluding tert-OH is 1. The van der Waals surface area contributed by atoms with Crippen LogP contribution in [0.25, 0.3) is 0 Å². The Bertz CT molecular complexity index is 829. The second-order valence-corrected chi connectivity index (χ2v) is 6.86. The molecule has 1 heterocycles. The van der Waals surface area contributed by atoms with Gasteiger partial charge >= 0.3 is 0 Å². The first-order valence-electron chi connectivity index (χ1n) is 9.60. The summed E-state index contributed by atoms with van der Waals surface area (Å²) in [5.41, 5.74) is 2.34. The quantitative estimate of drug-likeness (QED) is 0.471. The fourth-order valence-electron chi connectivity index (χ4n) is 3.41. The van der Waals surface area contributed by atoms with Crippen LogP contribution in [-0.2, 0) is 9.59 Å². The zero-order valence-corrected chi connectivity index (χ0v) is 15.7. The van der Waals surface area contributed by atoms with Gasteiger partial charge in [-0.05, 0) is 44.2 Å². The molecule has 1 aromatic rings. The summed E-state index contributed by atoms with van der Waals surface area (Å²) in [5, 5.41) is 14.8. The third kappa shape index (κ3) is 4.67. The molecule has 3 N–H and O–H groups in total. The highest BCUT2D eigenvalue weighted by Gasteiger charge is 2.31. The molecule has 3 rings (SSSR count). The van der Waals surface area contributed by atoms with Crippen LogP contribution in [0.2, 0.25) is 0 Å². The fourth-order valence-corrected chi connectivity index (χ4v) is 3.41. The van der Waals surface area contributed by atoms with Crippen LogP contribution in [0.4, 0.5) is 5.69 Å². The first kappa shape index (κ1) is 19.8. The Morgan fingerprint density at radius 1 is 1.18 bits per heavy atom. The van der Waals surface area contributed by atoms with Crippen molar-refractivity contribution in [2.75, 3.05) is 25.0 Å². The number of carbonyl (C=O) groups is 3. The van der Waals surface area contributed by atoms with E-state index in [9.17, 15) is 14.4 Å². The SMILES string of the molecule is O=C(NCCC1=CCCCC1)c1ccccc1NC1=CC(=O)N(CCO)C1=O. The number of nitrogens with one attached hydrogen (secondary N) is 2. The minimum atomic E-state index is -0.515. The van der Waals surface area contributed by atoms with Gasteiger partial charge in [0.05, 0.1) is 24.4 Å². The molecule has 0 atom stereocenters. The van der Waals surface area contributed by atoms with Crippen LogP contribution >= 0.6 is 0 Å². The summed E-state index contributed by atoms with van der Waals surface area (Å²) in [6, 6.07) is 6.85. The van der Waals surface area contributed by atoms with Gasteiger partial charge in [-0.25, -0.2) is 0 Å². The van der Waals surface area contributed by atoms with Gasteiger partial charge in [-0.15, -0.1) is 0 Å². The maximum Gasteiger partial charge on any atom is 0.277 e. The predicted octanol–water partition coefficient (Wildman–Crippen LogP) is 1.96. The van der Waals surface area contributed by atoms with Gasteiger partial charge in [-0.1, -0.05) is 23.8 Å². The third-order valence-corrected chi connectivity index (χ3v) is 4.89. The van der Waals surface area contributed by atoms with Crippen LogP contribution in [0.1, 0.15) is 42.5 Å². The molecule has 0 saturated heterocycles. The molecule has 2 aliphatic rings. The van der Waals surface area contributed by atoms with Crippen molar-refractivity contribution in [3.63, 3.8) is 0 Å². The molecular formula is C21H25N3O4. The molecule has 0 spiro atoms. The summed E-state index contributed by atoms with van der Waals surface area (Å²) < 4.78 is 0. The van der Waals surface area contributed by atoms with Crippen molar-refractivity contribution in [1.29, 1.82) is 0 Å². The lowest BCUT2D eigenvalue weighted by Crippen LogP contribution is -2.34.